The molecule has 2 atom stereocenters. The summed E-state index contributed by atoms with van der Waals surface area (Å²) in [6, 6.07) is 26.4. The van der Waals surface area contributed by atoms with E-state index in [4.69, 9.17) is 8.92 Å². The summed E-state index contributed by atoms with van der Waals surface area (Å²) in [5.41, 5.74) is 1.90. The van der Waals surface area contributed by atoms with Crippen LogP contribution in [-0.4, -0.2) is 54.0 Å². The smallest absolute Gasteiger partial charge is 0.359 e. The number of fused-ring (bicyclic) bond motifs is 1. The van der Waals surface area contributed by atoms with E-state index in [0.717, 1.165) is 10.5 Å². The van der Waals surface area contributed by atoms with Crippen molar-refractivity contribution >= 4 is 39.7 Å². The topological polar surface area (TPSA) is 119 Å². The maximum atomic E-state index is 13.8. The molecular weight excluding hydrogens is 564 g/mol. The Morgan fingerprint density at radius 3 is 2.07 bits per heavy atom. The third kappa shape index (κ3) is 6.31. The van der Waals surface area contributed by atoms with Crippen LogP contribution in [0.25, 0.3) is 0 Å². The van der Waals surface area contributed by atoms with E-state index in [-0.39, 0.29) is 35.3 Å². The molecule has 9 nitrogen and oxygen atoms in total. The van der Waals surface area contributed by atoms with E-state index in [1.54, 1.807) is 0 Å². The predicted molar refractivity (Wildman–Crippen MR) is 154 cm³/mol. The van der Waals surface area contributed by atoms with Gasteiger partial charge in [0.15, 0.2) is 17.6 Å². The third-order valence-corrected chi connectivity index (χ3v) is 9.08. The number of carbonyl (C=O) groups excluding carboxylic acids is 3. The zero-order valence-corrected chi connectivity index (χ0v) is 23.8. The fourth-order valence-corrected chi connectivity index (χ4v) is 6.50. The summed E-state index contributed by atoms with van der Waals surface area (Å²) < 4.78 is 36.1. The van der Waals surface area contributed by atoms with Gasteiger partial charge in [0.1, 0.15) is 11.4 Å². The summed E-state index contributed by atoms with van der Waals surface area (Å²) in [5.74, 6) is -2.31. The summed E-state index contributed by atoms with van der Waals surface area (Å²) in [6.45, 7) is 1.42. The second-order valence-corrected chi connectivity index (χ2v) is 12.4. The molecule has 0 aromatic heterocycles. The lowest BCUT2D eigenvalue weighted by Crippen LogP contribution is -2.70. The first-order valence-electron chi connectivity index (χ1n) is 13.0. The highest BCUT2D eigenvalue weighted by atomic mass is 32.2. The fourth-order valence-electron chi connectivity index (χ4n) is 4.61. The van der Waals surface area contributed by atoms with Crippen molar-refractivity contribution in [1.82, 2.24) is 10.2 Å². The van der Waals surface area contributed by atoms with Crippen molar-refractivity contribution in [2.24, 2.45) is 0 Å². The molecule has 2 aliphatic heterocycles. The molecule has 41 heavy (non-hydrogen) atoms. The number of rotatable bonds is 10. The van der Waals surface area contributed by atoms with E-state index >= 15 is 0 Å². The van der Waals surface area contributed by atoms with Crippen molar-refractivity contribution in [3.8, 4) is 0 Å². The Hall–Kier alpha value is -4.09. The standard InChI is InChI=1S/C30H28N2O7S2/c1-2-41(36,37)39-23-19-40-29-25(31-24(33)18-20-12-6-3-7-13-20)28(34)32(29)26(23)30(35)38-27(21-14-8-4-9-15-21)22-16-10-5-11-17-22/h3-17,25,27,29H,2,18-19H2,1H3,(H,31,33)/t25?,29-/m1/s1. The van der Waals surface area contributed by atoms with Crippen molar-refractivity contribution < 1.29 is 31.7 Å². The van der Waals surface area contributed by atoms with Crippen LogP contribution >= 0.6 is 11.8 Å². The zero-order chi connectivity index (χ0) is 29.0. The van der Waals surface area contributed by atoms with E-state index in [1.807, 2.05) is 91.0 Å². The normalized spacial score (nSPS) is 18.4. The molecule has 1 fully saturated rings. The van der Waals surface area contributed by atoms with Crippen molar-refractivity contribution in [1.29, 1.82) is 0 Å². The lowest BCUT2D eigenvalue weighted by atomic mass is 10.0. The van der Waals surface area contributed by atoms with Gasteiger partial charge in [-0.15, -0.1) is 11.8 Å². The van der Waals surface area contributed by atoms with Gasteiger partial charge in [0.2, 0.25) is 5.91 Å². The monoisotopic (exact) mass is 592 g/mol. The van der Waals surface area contributed by atoms with Crippen LogP contribution in [0, 0.1) is 0 Å². The number of nitrogens with zero attached hydrogens (tertiary/aromatic N) is 1. The van der Waals surface area contributed by atoms with Crippen LogP contribution in [0.15, 0.2) is 102 Å². The highest BCUT2D eigenvalue weighted by Crippen LogP contribution is 2.42. The van der Waals surface area contributed by atoms with Crippen molar-refractivity contribution in [2.75, 3.05) is 11.5 Å². The first kappa shape index (κ1) is 28.4. The SMILES string of the molecule is CCS(=O)(=O)OC1=C(C(=O)OC(c2ccccc2)c2ccccc2)N2C(=O)C(NC(=O)Cc3ccccc3)[C@H]2SC1. The lowest BCUT2D eigenvalue weighted by Gasteiger charge is -2.49. The second-order valence-electron chi connectivity index (χ2n) is 9.43. The first-order chi connectivity index (χ1) is 19.8. The summed E-state index contributed by atoms with van der Waals surface area (Å²) >= 11 is 1.20. The molecule has 11 heteroatoms. The average molecular weight is 593 g/mol. The molecule has 1 unspecified atom stereocenters. The van der Waals surface area contributed by atoms with Crippen molar-refractivity contribution in [3.63, 3.8) is 0 Å². The second kappa shape index (κ2) is 12.2. The van der Waals surface area contributed by atoms with Gasteiger partial charge >= 0.3 is 16.1 Å². The van der Waals surface area contributed by atoms with Crippen LogP contribution in [0.2, 0.25) is 0 Å². The van der Waals surface area contributed by atoms with Gasteiger partial charge in [0.05, 0.1) is 17.9 Å². The zero-order valence-electron chi connectivity index (χ0n) is 22.1. The van der Waals surface area contributed by atoms with Gasteiger partial charge in [-0.25, -0.2) is 4.79 Å². The Kier molecular flexibility index (Phi) is 8.46. The molecule has 0 radical (unpaired) electrons. The molecule has 0 saturated carbocycles. The summed E-state index contributed by atoms with van der Waals surface area (Å²) in [4.78, 5) is 41.0. The largest absolute Gasteiger partial charge is 0.448 e. The average Bonchev–Trinajstić information content (AvgIpc) is 2.99. The van der Waals surface area contributed by atoms with Crippen LogP contribution in [0.5, 0.6) is 0 Å². The maximum Gasteiger partial charge on any atom is 0.359 e. The number of esters is 1. The number of benzene rings is 3. The number of amides is 2. The van der Waals surface area contributed by atoms with Gasteiger partial charge < -0.3 is 14.2 Å². The van der Waals surface area contributed by atoms with E-state index in [2.05, 4.69) is 5.32 Å². The van der Waals surface area contributed by atoms with Crippen LogP contribution in [-0.2, 0) is 39.8 Å². The number of hydrogen-bond donors (Lipinski definition) is 1. The van der Waals surface area contributed by atoms with E-state index in [1.165, 1.54) is 18.7 Å². The highest BCUT2D eigenvalue weighted by molar-refractivity contribution is 8.00. The number of hydrogen-bond acceptors (Lipinski definition) is 8. The quantitative estimate of drug-likeness (QED) is 0.216. The van der Waals surface area contributed by atoms with E-state index in [0.29, 0.717) is 11.1 Å². The number of carbonyl (C=O) groups is 3. The van der Waals surface area contributed by atoms with Gasteiger partial charge in [0.25, 0.3) is 5.91 Å². The molecule has 3 aromatic carbocycles. The molecule has 212 valence electrons. The van der Waals surface area contributed by atoms with Gasteiger partial charge in [-0.05, 0) is 23.6 Å². The third-order valence-electron chi connectivity index (χ3n) is 6.66. The van der Waals surface area contributed by atoms with Crippen LogP contribution in [0.1, 0.15) is 29.7 Å². The fraction of sp³-hybridized carbons (Fsp3) is 0.233. The number of β-lactam (4-membered cyclic amide) rings is 1. The Morgan fingerprint density at radius 2 is 1.51 bits per heavy atom. The van der Waals surface area contributed by atoms with Gasteiger partial charge in [-0.1, -0.05) is 91.0 Å². The Labute approximate surface area is 242 Å². The number of thioether (sulfide) groups is 1. The minimum Gasteiger partial charge on any atom is -0.448 e. The molecular formula is C30H28N2O7S2. The maximum absolute atomic E-state index is 13.8. The molecule has 2 aliphatic rings. The molecule has 5 rings (SSSR count). The van der Waals surface area contributed by atoms with E-state index in [9.17, 15) is 22.8 Å². The minimum atomic E-state index is -4.01. The summed E-state index contributed by atoms with van der Waals surface area (Å²) in [6.07, 6.45) is -0.738. The van der Waals surface area contributed by atoms with E-state index < -0.39 is 39.5 Å². The van der Waals surface area contributed by atoms with Crippen molar-refractivity contribution in [2.45, 2.75) is 30.9 Å². The minimum absolute atomic E-state index is 0.00942. The molecule has 0 aliphatic carbocycles. The number of nitrogens with one attached hydrogen (secondary N) is 1. The Morgan fingerprint density at radius 1 is 0.951 bits per heavy atom. The molecule has 3 aromatic rings. The van der Waals surface area contributed by atoms with Gasteiger partial charge in [-0.3, -0.25) is 14.5 Å². The van der Waals surface area contributed by atoms with Crippen LogP contribution < -0.4 is 5.32 Å². The van der Waals surface area contributed by atoms with Gasteiger partial charge in [0, 0.05) is 0 Å². The molecule has 0 bridgehead atoms. The summed E-state index contributed by atoms with van der Waals surface area (Å²) in [5, 5.41) is 2.12. The highest BCUT2D eigenvalue weighted by Gasteiger charge is 2.55. The lowest BCUT2D eigenvalue weighted by molar-refractivity contribution is -0.155. The summed E-state index contributed by atoms with van der Waals surface area (Å²) in [7, 11) is -4.01. The van der Waals surface area contributed by atoms with Gasteiger partial charge in [-0.2, -0.15) is 8.42 Å². The Balaban J connectivity index is 1.42. The van der Waals surface area contributed by atoms with Crippen molar-refractivity contribution in [3.05, 3.63) is 119 Å². The molecule has 1 saturated heterocycles. The van der Waals surface area contributed by atoms with Crippen LogP contribution in [0.4, 0.5) is 0 Å². The molecule has 2 amide bonds. The Bertz CT molecular complexity index is 1520. The van der Waals surface area contributed by atoms with Crippen LogP contribution in [0.3, 0.4) is 0 Å². The predicted octanol–water partition coefficient (Wildman–Crippen LogP) is 3.54. The molecule has 2 heterocycles. The molecule has 1 N–H and O–H groups in total. The molecule has 0 spiro atoms. The number of ether oxygens (including phenoxy) is 1. The first-order valence-corrected chi connectivity index (χ1v) is 15.6.